The predicted octanol–water partition coefficient (Wildman–Crippen LogP) is 4.21. The summed E-state index contributed by atoms with van der Waals surface area (Å²) in [6, 6.07) is 12.7. The third-order valence-electron chi connectivity index (χ3n) is 7.11. The average Bonchev–Trinajstić information content (AvgIpc) is 3.24. The molecule has 0 spiro atoms. The van der Waals surface area contributed by atoms with E-state index in [0.29, 0.717) is 45.0 Å². The maximum atomic E-state index is 13.9. The van der Waals surface area contributed by atoms with Crippen molar-refractivity contribution in [3.8, 4) is 22.9 Å². The van der Waals surface area contributed by atoms with Gasteiger partial charge in [0.25, 0.3) is 0 Å². The number of hydrogen-bond donors (Lipinski definition) is 1. The van der Waals surface area contributed by atoms with Gasteiger partial charge < -0.3 is 18.6 Å². The van der Waals surface area contributed by atoms with E-state index in [4.69, 9.17) is 0 Å². The largest absolute Gasteiger partial charge is 0.488 e. The Balaban J connectivity index is 1.68. The number of H-pyrrole nitrogens is 1. The van der Waals surface area contributed by atoms with E-state index in [-0.39, 0.29) is 17.2 Å². The Morgan fingerprint density at radius 3 is 2.66 bits per heavy atom. The van der Waals surface area contributed by atoms with Crippen LogP contribution in [0.5, 0.6) is 5.75 Å². The van der Waals surface area contributed by atoms with Crippen LogP contribution in [0.3, 0.4) is 0 Å². The van der Waals surface area contributed by atoms with E-state index in [0.717, 1.165) is 35.8 Å². The Labute approximate surface area is 217 Å². The molecule has 0 amide bonds. The van der Waals surface area contributed by atoms with Crippen LogP contribution in [0, 0.1) is 11.3 Å². The van der Waals surface area contributed by atoms with Gasteiger partial charge in [0.1, 0.15) is 5.65 Å². The zero-order chi connectivity index (χ0) is 26.8. The van der Waals surface area contributed by atoms with Crippen LogP contribution in [0.1, 0.15) is 24.1 Å². The molecule has 9 nitrogen and oxygen atoms in total. The maximum Gasteiger partial charge on any atom is 0.488 e. The third-order valence-corrected chi connectivity index (χ3v) is 7.50. The number of aromatic nitrogens is 3. The van der Waals surface area contributed by atoms with E-state index in [2.05, 4.69) is 29.7 Å². The van der Waals surface area contributed by atoms with Crippen LogP contribution in [0.4, 0.5) is 3.89 Å². The summed E-state index contributed by atoms with van der Waals surface area (Å²) in [5.74, 6) is -0.246. The molecule has 0 radical (unpaired) electrons. The lowest BCUT2D eigenvalue weighted by atomic mass is 9.95. The molecule has 1 aliphatic rings. The number of likely N-dealkylation sites (N-methyl/N-ethyl adjacent to an activating group) is 1. The minimum Gasteiger partial charge on any atom is -0.357 e. The van der Waals surface area contributed by atoms with Gasteiger partial charge in [-0.1, -0.05) is 16.9 Å². The van der Waals surface area contributed by atoms with E-state index in [9.17, 15) is 22.4 Å². The van der Waals surface area contributed by atoms with Crippen molar-refractivity contribution < 1.29 is 16.5 Å². The van der Waals surface area contributed by atoms with Crippen LogP contribution in [0.15, 0.2) is 53.6 Å². The summed E-state index contributed by atoms with van der Waals surface area (Å²) in [6.07, 6.45) is 3.25. The SMILES string of the molecule is CCc1cc2c(=O)c3c4ccc(C#N)cc4[nH]c3n(C3CN(C)C3)c2cc1-c1cncc(OS(=O)(=O)F)c1. The number of halogens is 1. The maximum absolute atomic E-state index is 13.9. The fraction of sp³-hybridized carbons (Fsp3) is 0.222. The molecule has 0 unspecified atom stereocenters. The predicted molar refractivity (Wildman–Crippen MR) is 142 cm³/mol. The number of aryl methyl sites for hydroxylation is 1. The Morgan fingerprint density at radius 1 is 1.18 bits per heavy atom. The topological polar surface area (TPSA) is 121 Å². The second kappa shape index (κ2) is 8.65. The number of rotatable bonds is 5. The first-order chi connectivity index (χ1) is 18.2. The summed E-state index contributed by atoms with van der Waals surface area (Å²) in [5.41, 5.74) is 4.60. The number of benzene rings is 2. The highest BCUT2D eigenvalue weighted by molar-refractivity contribution is 7.81. The smallest absolute Gasteiger partial charge is 0.357 e. The molecule has 1 N–H and O–H groups in total. The van der Waals surface area contributed by atoms with Crippen molar-refractivity contribution in [3.63, 3.8) is 0 Å². The number of likely N-dealkylation sites (tertiary alicyclic amines) is 1. The van der Waals surface area contributed by atoms with Gasteiger partial charge in [0.15, 0.2) is 11.2 Å². The number of nitrogens with zero attached hydrogens (tertiary/aromatic N) is 4. The van der Waals surface area contributed by atoms with Crippen LogP contribution >= 0.6 is 0 Å². The number of hydrogen-bond acceptors (Lipinski definition) is 7. The number of fused-ring (bicyclic) bond motifs is 4. The molecule has 0 aliphatic carbocycles. The van der Waals surface area contributed by atoms with E-state index >= 15 is 0 Å². The number of nitrogens with one attached hydrogen (secondary N) is 1. The van der Waals surface area contributed by atoms with Gasteiger partial charge in [0.2, 0.25) is 0 Å². The molecule has 1 aliphatic heterocycles. The molecule has 3 aromatic heterocycles. The van der Waals surface area contributed by atoms with Gasteiger partial charge >= 0.3 is 10.5 Å². The first-order valence-corrected chi connectivity index (χ1v) is 13.3. The molecule has 2 aromatic carbocycles. The van der Waals surface area contributed by atoms with Crippen molar-refractivity contribution in [1.82, 2.24) is 19.4 Å². The highest BCUT2D eigenvalue weighted by Crippen LogP contribution is 2.36. The molecule has 38 heavy (non-hydrogen) atoms. The molecule has 6 rings (SSSR count). The van der Waals surface area contributed by atoms with Crippen LogP contribution in [-0.4, -0.2) is 48.0 Å². The van der Waals surface area contributed by atoms with Gasteiger partial charge in [0.05, 0.1) is 34.8 Å². The molecule has 5 aromatic rings. The zero-order valence-corrected chi connectivity index (χ0v) is 21.3. The first-order valence-electron chi connectivity index (χ1n) is 12.0. The molecule has 4 heterocycles. The highest BCUT2D eigenvalue weighted by atomic mass is 32.3. The van der Waals surface area contributed by atoms with Gasteiger partial charge in [-0.2, -0.15) is 13.7 Å². The van der Waals surface area contributed by atoms with Gasteiger partial charge in [-0.15, -0.1) is 0 Å². The fourth-order valence-corrected chi connectivity index (χ4v) is 5.75. The molecular weight excluding hydrogens is 509 g/mol. The van der Waals surface area contributed by atoms with E-state index in [1.165, 1.54) is 6.07 Å². The van der Waals surface area contributed by atoms with E-state index in [1.54, 1.807) is 18.3 Å². The van der Waals surface area contributed by atoms with Crippen molar-refractivity contribution in [2.24, 2.45) is 0 Å². The van der Waals surface area contributed by atoms with Crippen LogP contribution in [-0.2, 0) is 16.9 Å². The molecular formula is C27H22FN5O4S. The summed E-state index contributed by atoms with van der Waals surface area (Å²) >= 11 is 0. The van der Waals surface area contributed by atoms with Gasteiger partial charge in [0, 0.05) is 41.1 Å². The Morgan fingerprint density at radius 2 is 1.97 bits per heavy atom. The second-order valence-electron chi connectivity index (χ2n) is 9.56. The molecule has 11 heteroatoms. The van der Waals surface area contributed by atoms with Crippen molar-refractivity contribution >= 4 is 43.3 Å². The lowest BCUT2D eigenvalue weighted by Crippen LogP contribution is -2.45. The third kappa shape index (κ3) is 3.89. The Hall–Kier alpha value is -4.27. The fourth-order valence-electron chi connectivity index (χ4n) is 5.43. The Bertz CT molecular complexity index is 1990. The van der Waals surface area contributed by atoms with Crippen LogP contribution in [0.2, 0.25) is 0 Å². The summed E-state index contributed by atoms with van der Waals surface area (Å²) in [7, 11) is -3.18. The number of nitriles is 1. The number of aromatic amines is 1. The normalized spacial score (nSPS) is 14.7. The first kappa shape index (κ1) is 24.1. The average molecular weight is 532 g/mol. The van der Waals surface area contributed by atoms with E-state index < -0.39 is 10.5 Å². The molecule has 0 saturated carbocycles. The van der Waals surface area contributed by atoms with Crippen molar-refractivity contribution in [2.75, 3.05) is 20.1 Å². The standard InChI is InChI=1S/C27H22FN5O4S/c1-3-16-8-22-24(9-21(16)17-7-19(12-30-11-17)37-38(28,35)36)33(18-13-32(2)14-18)27-25(26(22)34)20-5-4-15(10-29)6-23(20)31-27/h4-9,11-12,18,31H,3,13-14H2,1-2H3. The second-order valence-corrected chi connectivity index (χ2v) is 10.5. The van der Waals surface area contributed by atoms with E-state index in [1.807, 2.05) is 32.2 Å². The van der Waals surface area contributed by atoms with Gasteiger partial charge in [-0.25, -0.2) is 0 Å². The molecule has 1 saturated heterocycles. The quantitative estimate of drug-likeness (QED) is 0.337. The monoisotopic (exact) mass is 531 g/mol. The number of pyridine rings is 2. The molecule has 0 bridgehead atoms. The summed E-state index contributed by atoms with van der Waals surface area (Å²) in [4.78, 5) is 23.6. The van der Waals surface area contributed by atoms with Crippen molar-refractivity contribution in [2.45, 2.75) is 19.4 Å². The minimum absolute atomic E-state index is 0.0962. The zero-order valence-electron chi connectivity index (χ0n) is 20.5. The van der Waals surface area contributed by atoms with Gasteiger partial charge in [-0.3, -0.25) is 9.78 Å². The van der Waals surface area contributed by atoms with Crippen molar-refractivity contribution in [1.29, 1.82) is 5.26 Å². The summed E-state index contributed by atoms with van der Waals surface area (Å²) in [6.45, 7) is 3.53. The molecule has 0 atom stereocenters. The lowest BCUT2D eigenvalue weighted by Gasteiger charge is -2.39. The van der Waals surface area contributed by atoms with Crippen LogP contribution < -0.4 is 9.61 Å². The summed E-state index contributed by atoms with van der Waals surface area (Å²) in [5, 5.41) is 11.3. The van der Waals surface area contributed by atoms with Crippen LogP contribution in [0.25, 0.3) is 44.0 Å². The minimum atomic E-state index is -5.21. The highest BCUT2D eigenvalue weighted by Gasteiger charge is 2.29. The Kier molecular flexibility index (Phi) is 5.48. The molecule has 1 fully saturated rings. The molecule has 192 valence electrons. The van der Waals surface area contributed by atoms with Crippen molar-refractivity contribution in [3.05, 3.63) is 70.1 Å². The van der Waals surface area contributed by atoms with Gasteiger partial charge in [-0.05, 0) is 54.9 Å². The summed E-state index contributed by atoms with van der Waals surface area (Å²) < 4.78 is 41.8. The lowest BCUT2D eigenvalue weighted by molar-refractivity contribution is 0.146.